The van der Waals surface area contributed by atoms with Gasteiger partial charge >= 0.3 is 0 Å². The van der Waals surface area contributed by atoms with Gasteiger partial charge in [0.1, 0.15) is 0 Å². The number of H-pyrrole nitrogens is 1. The molecular formula is C10H11BrN2S. The van der Waals surface area contributed by atoms with E-state index in [0.717, 1.165) is 21.4 Å². The van der Waals surface area contributed by atoms with Gasteiger partial charge in [-0.1, -0.05) is 22.0 Å². The number of benzene rings is 1. The van der Waals surface area contributed by atoms with E-state index >= 15 is 0 Å². The largest absolute Gasteiger partial charge is 0.350 e. The number of nitrogens with one attached hydrogen (secondary N) is 1. The van der Waals surface area contributed by atoms with Crippen molar-refractivity contribution >= 4 is 39.5 Å². The van der Waals surface area contributed by atoms with Gasteiger partial charge in [-0.05, 0) is 30.7 Å². The standard InChI is InChI=1S/C10H11BrN2S/c11-6-1-2-7-8(3-4-12)10(14)13-9(7)5-6/h1-2,5,13-14H,3-4,12H2. The van der Waals surface area contributed by atoms with Crippen LogP contribution < -0.4 is 5.73 Å². The van der Waals surface area contributed by atoms with Crippen molar-refractivity contribution in [2.24, 2.45) is 5.73 Å². The lowest BCUT2D eigenvalue weighted by Gasteiger charge is -1.97. The van der Waals surface area contributed by atoms with Gasteiger partial charge in [0.15, 0.2) is 0 Å². The minimum atomic E-state index is 0.649. The van der Waals surface area contributed by atoms with Crippen LogP contribution in [0.25, 0.3) is 10.9 Å². The van der Waals surface area contributed by atoms with Gasteiger partial charge in [0.2, 0.25) is 0 Å². The topological polar surface area (TPSA) is 41.8 Å². The molecule has 0 spiro atoms. The van der Waals surface area contributed by atoms with Crippen LogP contribution in [0.4, 0.5) is 0 Å². The van der Waals surface area contributed by atoms with Gasteiger partial charge in [-0.3, -0.25) is 0 Å². The van der Waals surface area contributed by atoms with Crippen molar-refractivity contribution in [1.82, 2.24) is 4.98 Å². The van der Waals surface area contributed by atoms with E-state index in [1.807, 2.05) is 6.07 Å². The maximum atomic E-state index is 5.55. The number of nitrogens with two attached hydrogens (primary N) is 1. The van der Waals surface area contributed by atoms with Gasteiger partial charge in [0, 0.05) is 15.4 Å². The van der Waals surface area contributed by atoms with Gasteiger partial charge in [-0.25, -0.2) is 0 Å². The zero-order valence-corrected chi connectivity index (χ0v) is 10.0. The third kappa shape index (κ3) is 1.69. The Bertz CT molecular complexity index is 464. The van der Waals surface area contributed by atoms with Crippen LogP contribution in [-0.4, -0.2) is 11.5 Å². The molecule has 4 heteroatoms. The molecular weight excluding hydrogens is 260 g/mol. The van der Waals surface area contributed by atoms with E-state index in [2.05, 4.69) is 45.7 Å². The molecule has 0 unspecified atom stereocenters. The maximum absolute atomic E-state index is 5.55. The van der Waals surface area contributed by atoms with E-state index in [-0.39, 0.29) is 0 Å². The fourth-order valence-corrected chi connectivity index (χ4v) is 2.32. The van der Waals surface area contributed by atoms with Crippen LogP contribution in [-0.2, 0) is 6.42 Å². The first-order valence-electron chi connectivity index (χ1n) is 4.41. The lowest BCUT2D eigenvalue weighted by Crippen LogP contribution is -2.02. The van der Waals surface area contributed by atoms with Crippen LogP contribution in [0.2, 0.25) is 0 Å². The fourth-order valence-electron chi connectivity index (χ4n) is 1.61. The molecule has 0 fully saturated rings. The van der Waals surface area contributed by atoms with Crippen LogP contribution in [0, 0.1) is 0 Å². The van der Waals surface area contributed by atoms with Crippen molar-refractivity contribution in [3.63, 3.8) is 0 Å². The molecule has 0 saturated carbocycles. The average molecular weight is 271 g/mol. The third-order valence-corrected chi connectivity index (χ3v) is 3.11. The monoisotopic (exact) mass is 270 g/mol. The first kappa shape index (κ1) is 10.1. The van der Waals surface area contributed by atoms with Gasteiger partial charge in [-0.2, -0.15) is 0 Å². The predicted octanol–water partition coefficient (Wildman–Crippen LogP) is 2.72. The second-order valence-corrected chi connectivity index (χ2v) is 4.54. The quantitative estimate of drug-likeness (QED) is 0.722. The highest BCUT2D eigenvalue weighted by atomic mass is 79.9. The summed E-state index contributed by atoms with van der Waals surface area (Å²) >= 11 is 7.83. The zero-order valence-electron chi connectivity index (χ0n) is 7.55. The average Bonchev–Trinajstić information content (AvgIpc) is 2.43. The van der Waals surface area contributed by atoms with E-state index in [1.54, 1.807) is 0 Å². The summed E-state index contributed by atoms with van der Waals surface area (Å²) in [7, 11) is 0. The molecule has 0 aliphatic carbocycles. The number of hydrogen-bond acceptors (Lipinski definition) is 2. The number of fused-ring (bicyclic) bond motifs is 1. The highest BCUT2D eigenvalue weighted by Gasteiger charge is 2.07. The van der Waals surface area contributed by atoms with Gasteiger partial charge in [0.05, 0.1) is 5.03 Å². The van der Waals surface area contributed by atoms with Crippen molar-refractivity contribution in [2.45, 2.75) is 11.4 Å². The van der Waals surface area contributed by atoms with Crippen molar-refractivity contribution in [3.05, 3.63) is 28.2 Å². The lowest BCUT2D eigenvalue weighted by atomic mass is 10.1. The smallest absolute Gasteiger partial charge is 0.0734 e. The highest BCUT2D eigenvalue weighted by Crippen LogP contribution is 2.27. The molecule has 0 amide bonds. The molecule has 0 aliphatic heterocycles. The van der Waals surface area contributed by atoms with Gasteiger partial charge in [0.25, 0.3) is 0 Å². The third-order valence-electron chi connectivity index (χ3n) is 2.24. The van der Waals surface area contributed by atoms with Crippen molar-refractivity contribution in [1.29, 1.82) is 0 Å². The zero-order chi connectivity index (χ0) is 10.1. The summed E-state index contributed by atoms with van der Waals surface area (Å²) < 4.78 is 1.07. The molecule has 0 bridgehead atoms. The summed E-state index contributed by atoms with van der Waals surface area (Å²) in [5.41, 5.74) is 7.86. The van der Waals surface area contributed by atoms with Gasteiger partial charge in [-0.15, -0.1) is 12.6 Å². The Morgan fingerprint density at radius 1 is 1.43 bits per heavy atom. The first-order chi connectivity index (χ1) is 6.72. The minimum absolute atomic E-state index is 0.649. The van der Waals surface area contributed by atoms with E-state index in [9.17, 15) is 0 Å². The second kappa shape index (κ2) is 3.96. The molecule has 14 heavy (non-hydrogen) atoms. The van der Waals surface area contributed by atoms with Crippen LogP contribution in [0.5, 0.6) is 0 Å². The second-order valence-electron chi connectivity index (χ2n) is 3.18. The molecule has 2 nitrogen and oxygen atoms in total. The summed E-state index contributed by atoms with van der Waals surface area (Å²) in [5.74, 6) is 0. The number of rotatable bonds is 2. The SMILES string of the molecule is NCCc1c(S)[nH]c2cc(Br)ccc12. The fraction of sp³-hybridized carbons (Fsp3) is 0.200. The van der Waals surface area contributed by atoms with Crippen LogP contribution in [0.15, 0.2) is 27.7 Å². The molecule has 1 aromatic heterocycles. The van der Waals surface area contributed by atoms with E-state index < -0.39 is 0 Å². The Labute approximate surface area is 96.4 Å². The van der Waals surface area contributed by atoms with E-state index in [1.165, 1.54) is 10.9 Å². The molecule has 3 N–H and O–H groups in total. The molecule has 0 aliphatic rings. The highest BCUT2D eigenvalue weighted by molar-refractivity contribution is 9.10. The van der Waals surface area contributed by atoms with Crippen molar-refractivity contribution < 1.29 is 0 Å². The summed E-state index contributed by atoms with van der Waals surface area (Å²) in [4.78, 5) is 3.23. The maximum Gasteiger partial charge on any atom is 0.0734 e. The van der Waals surface area contributed by atoms with Crippen molar-refractivity contribution in [2.75, 3.05) is 6.54 Å². The Balaban J connectivity index is 2.64. The van der Waals surface area contributed by atoms with Crippen molar-refractivity contribution in [3.8, 4) is 0 Å². The summed E-state index contributed by atoms with van der Waals surface area (Å²) in [5, 5.41) is 2.13. The molecule has 1 heterocycles. The van der Waals surface area contributed by atoms with Crippen LogP contribution in [0.1, 0.15) is 5.56 Å². The number of thiol groups is 1. The molecule has 0 radical (unpaired) electrons. The Hall–Kier alpha value is -0.450. The number of aromatic amines is 1. The normalized spacial score (nSPS) is 11.1. The van der Waals surface area contributed by atoms with Crippen LogP contribution >= 0.6 is 28.6 Å². The van der Waals surface area contributed by atoms with E-state index in [4.69, 9.17) is 5.73 Å². The molecule has 2 aromatic rings. The number of halogens is 1. The number of hydrogen-bond donors (Lipinski definition) is 3. The number of aromatic nitrogens is 1. The minimum Gasteiger partial charge on any atom is -0.350 e. The summed E-state index contributed by atoms with van der Waals surface area (Å²) in [6.07, 6.45) is 0.862. The Morgan fingerprint density at radius 2 is 2.21 bits per heavy atom. The summed E-state index contributed by atoms with van der Waals surface area (Å²) in [6.45, 7) is 0.649. The Morgan fingerprint density at radius 3 is 2.93 bits per heavy atom. The summed E-state index contributed by atoms with van der Waals surface area (Å²) in [6, 6.07) is 6.17. The van der Waals surface area contributed by atoms with Crippen LogP contribution in [0.3, 0.4) is 0 Å². The Kier molecular flexibility index (Phi) is 2.85. The van der Waals surface area contributed by atoms with E-state index in [0.29, 0.717) is 6.54 Å². The predicted molar refractivity (Wildman–Crippen MR) is 66.0 cm³/mol. The first-order valence-corrected chi connectivity index (χ1v) is 5.65. The van der Waals surface area contributed by atoms with Gasteiger partial charge < -0.3 is 10.7 Å². The molecule has 2 rings (SSSR count). The molecule has 0 saturated heterocycles. The molecule has 0 atom stereocenters. The molecule has 1 aromatic carbocycles. The lowest BCUT2D eigenvalue weighted by molar-refractivity contribution is 0.945. The molecule has 74 valence electrons.